The Bertz CT molecular complexity index is 2900. The van der Waals surface area contributed by atoms with Crippen molar-refractivity contribution in [3.8, 4) is 0 Å². The van der Waals surface area contributed by atoms with Crippen LogP contribution in [0.25, 0.3) is 0 Å². The van der Waals surface area contributed by atoms with Gasteiger partial charge in [-0.25, -0.2) is 0 Å². The molecule has 0 spiro atoms. The maximum Gasteiger partial charge on any atom is 0.320 e. The Morgan fingerprint density at radius 1 is 0.553 bits per heavy atom. The van der Waals surface area contributed by atoms with E-state index in [0.29, 0.717) is 18.4 Å². The van der Waals surface area contributed by atoms with Gasteiger partial charge < -0.3 is 46.3 Å². The first-order chi connectivity index (χ1) is 39.7. The van der Waals surface area contributed by atoms with Gasteiger partial charge in [-0.1, -0.05) is 102 Å². The van der Waals surface area contributed by atoms with Crippen molar-refractivity contribution in [2.75, 3.05) is 19.6 Å². The number of amides is 7. The molecule has 85 heavy (non-hydrogen) atoms. The van der Waals surface area contributed by atoms with Crippen molar-refractivity contribution in [3.05, 3.63) is 106 Å². The molecule has 9 atom stereocenters. The highest BCUT2D eigenvalue weighted by Gasteiger charge is 2.46. The summed E-state index contributed by atoms with van der Waals surface area (Å²) in [6.07, 6.45) is 4.95. The normalized spacial score (nSPS) is 19.7. The minimum absolute atomic E-state index is 0.0124. The summed E-state index contributed by atoms with van der Waals surface area (Å²) in [7, 11) is 0. The summed E-state index contributed by atoms with van der Waals surface area (Å²) in [6, 6.07) is 15.0. The molecule has 0 aromatic heterocycles. The zero-order valence-electron chi connectivity index (χ0n) is 52.3. The third-order valence-corrected chi connectivity index (χ3v) is 15.4. The Morgan fingerprint density at radius 2 is 1.02 bits per heavy atom. The summed E-state index contributed by atoms with van der Waals surface area (Å²) in [6.45, 7) is 23.9. The largest absolute Gasteiger partial charge is 0.459 e. The molecule has 0 saturated carbocycles. The molecule has 1 heterocycles. The molecule has 0 unspecified atom stereocenters. The van der Waals surface area contributed by atoms with Crippen LogP contribution in [0.2, 0.25) is 0 Å². The molecule has 20 heteroatoms. The second kappa shape index (κ2) is 28.3. The van der Waals surface area contributed by atoms with E-state index in [-0.39, 0.29) is 56.0 Å². The van der Waals surface area contributed by atoms with Crippen molar-refractivity contribution >= 4 is 53.3 Å². The lowest BCUT2D eigenvalue weighted by molar-refractivity contribution is -0.155. The lowest BCUT2D eigenvalue weighted by atomic mass is 9.85. The van der Waals surface area contributed by atoms with E-state index < -0.39 is 112 Å². The quantitative estimate of drug-likeness (QED) is 0.0613. The molecule has 0 radical (unpaired) electrons. The van der Waals surface area contributed by atoms with E-state index in [1.807, 2.05) is 48.5 Å². The van der Waals surface area contributed by atoms with E-state index in [1.165, 1.54) is 4.90 Å². The Kier molecular flexibility index (Phi) is 22.3. The van der Waals surface area contributed by atoms with Crippen LogP contribution in [0.4, 0.5) is 0 Å². The molecule has 464 valence electrons. The SMILES string of the molecule is C[C@H](NCC(=O)OC(C)(C)C)C(=O)N[C@H](C(=O)N[C@@H](Cc1ccc(C(=O)N[C@H]2C[C@@H](C(=O)N[C@@H]3CCCc4ccccc43)N(C(=O)[C@@H](NC(=O)[C@H](C)NCC(=O)OC(C)(C)C)C(C)(C)C)C2)cc1)C(=O)N[C@@H]1CCCc2ccccc21)C(C)(C)C. The number of esters is 2. The summed E-state index contributed by atoms with van der Waals surface area (Å²) in [5.41, 5.74) is 2.05. The molecule has 2 aliphatic carbocycles. The number of carbonyl (C=O) groups excluding carboxylic acids is 9. The molecular formula is C65H93N9O11. The summed E-state index contributed by atoms with van der Waals surface area (Å²) >= 11 is 0. The first-order valence-corrected chi connectivity index (χ1v) is 30.0. The van der Waals surface area contributed by atoms with Crippen LogP contribution in [0.5, 0.6) is 0 Å². The molecule has 1 fully saturated rings. The fourth-order valence-corrected chi connectivity index (χ4v) is 11.0. The maximum atomic E-state index is 15.0. The van der Waals surface area contributed by atoms with Crippen molar-refractivity contribution < 1.29 is 52.6 Å². The smallest absolute Gasteiger partial charge is 0.320 e. The number of hydrogen-bond acceptors (Lipinski definition) is 13. The van der Waals surface area contributed by atoms with Gasteiger partial charge in [0.15, 0.2) is 0 Å². The van der Waals surface area contributed by atoms with Gasteiger partial charge >= 0.3 is 11.9 Å². The van der Waals surface area contributed by atoms with Crippen molar-refractivity contribution in [2.24, 2.45) is 10.8 Å². The number of benzene rings is 3. The van der Waals surface area contributed by atoms with Gasteiger partial charge in [-0.3, -0.25) is 53.8 Å². The first-order valence-electron chi connectivity index (χ1n) is 30.0. The van der Waals surface area contributed by atoms with Gasteiger partial charge in [-0.2, -0.15) is 0 Å². The second-order valence-corrected chi connectivity index (χ2v) is 27.2. The number of rotatable bonds is 21. The zero-order chi connectivity index (χ0) is 62.8. The molecule has 0 bridgehead atoms. The van der Waals surface area contributed by atoms with Crippen LogP contribution in [-0.2, 0) is 67.1 Å². The first kappa shape index (κ1) is 66.9. The molecule has 3 aromatic carbocycles. The number of nitrogens with one attached hydrogen (secondary N) is 8. The summed E-state index contributed by atoms with van der Waals surface area (Å²) < 4.78 is 10.8. The molecule has 1 saturated heterocycles. The molecule has 8 N–H and O–H groups in total. The van der Waals surface area contributed by atoms with Crippen LogP contribution in [-0.4, -0.2) is 131 Å². The number of nitrogens with zero attached hydrogens (tertiary/aromatic N) is 1. The Morgan fingerprint density at radius 3 is 1.51 bits per heavy atom. The Balaban J connectivity index is 1.20. The van der Waals surface area contributed by atoms with E-state index in [9.17, 15) is 43.2 Å². The van der Waals surface area contributed by atoms with Gasteiger partial charge in [-0.15, -0.1) is 0 Å². The van der Waals surface area contributed by atoms with E-state index in [4.69, 9.17) is 9.47 Å². The molecule has 3 aliphatic rings. The predicted molar refractivity (Wildman–Crippen MR) is 323 cm³/mol. The molecule has 6 rings (SSSR count). The molecule has 7 amide bonds. The topological polar surface area (TPSA) is 272 Å². The molecule has 3 aromatic rings. The van der Waals surface area contributed by atoms with Crippen LogP contribution >= 0.6 is 0 Å². The lowest BCUT2D eigenvalue weighted by Gasteiger charge is -2.36. The summed E-state index contributed by atoms with van der Waals surface area (Å²) in [5, 5.41) is 23.9. The monoisotopic (exact) mass is 1180 g/mol. The fourth-order valence-electron chi connectivity index (χ4n) is 11.0. The highest BCUT2D eigenvalue weighted by Crippen LogP contribution is 2.33. The van der Waals surface area contributed by atoms with Crippen molar-refractivity contribution in [3.63, 3.8) is 0 Å². The maximum absolute atomic E-state index is 15.0. The van der Waals surface area contributed by atoms with Gasteiger partial charge in [0.25, 0.3) is 5.91 Å². The number of hydrogen-bond donors (Lipinski definition) is 8. The van der Waals surface area contributed by atoms with Crippen LogP contribution in [0.3, 0.4) is 0 Å². The van der Waals surface area contributed by atoms with Crippen LogP contribution in [0.1, 0.15) is 179 Å². The predicted octanol–water partition coefficient (Wildman–Crippen LogP) is 5.50. The van der Waals surface area contributed by atoms with E-state index in [2.05, 4.69) is 42.5 Å². The number of likely N-dealkylation sites (tertiary alicyclic amines) is 1. The Hall–Kier alpha value is -7.19. The van der Waals surface area contributed by atoms with Crippen LogP contribution < -0.4 is 42.5 Å². The van der Waals surface area contributed by atoms with Gasteiger partial charge in [0, 0.05) is 24.6 Å². The Labute approximate surface area is 502 Å². The molecule has 20 nitrogen and oxygen atoms in total. The zero-order valence-corrected chi connectivity index (χ0v) is 52.3. The van der Waals surface area contributed by atoms with Gasteiger partial charge in [-0.05, 0) is 151 Å². The number of carbonyl (C=O) groups is 9. The average Bonchev–Trinajstić information content (AvgIpc) is 3.96. The van der Waals surface area contributed by atoms with Crippen molar-refractivity contribution in [1.29, 1.82) is 0 Å². The second-order valence-electron chi connectivity index (χ2n) is 27.2. The van der Waals surface area contributed by atoms with Crippen molar-refractivity contribution in [1.82, 2.24) is 47.4 Å². The van der Waals surface area contributed by atoms with Crippen LogP contribution in [0, 0.1) is 10.8 Å². The summed E-state index contributed by atoms with van der Waals surface area (Å²) in [5.74, 6) is -4.58. The third-order valence-electron chi connectivity index (χ3n) is 15.4. The third kappa shape index (κ3) is 19.4. The number of ether oxygens (including phenoxy) is 2. The highest BCUT2D eigenvalue weighted by atomic mass is 16.6. The fraction of sp³-hybridized carbons (Fsp3) is 0.585. The molecule has 1 aliphatic heterocycles. The lowest BCUT2D eigenvalue weighted by Crippen LogP contribution is -2.60. The van der Waals surface area contributed by atoms with E-state index in [1.54, 1.807) is 121 Å². The van der Waals surface area contributed by atoms with Gasteiger partial charge in [0.05, 0.1) is 37.3 Å². The van der Waals surface area contributed by atoms with Crippen LogP contribution in [0.15, 0.2) is 72.8 Å². The minimum Gasteiger partial charge on any atom is -0.459 e. The standard InChI is InChI=1S/C65H93N9O11/c1-38(66-35-51(75)84-64(9,10)11)55(77)72-53(62(3,4)5)60(82)71-49(58(80)69-47-27-19-23-41-21-15-17-25-45(41)47)33-40-29-31-43(32-30-40)57(79)68-44-34-50(59(81)70-48-28-20-24-42-22-16-18-26-46(42)48)74(37-44)61(83)54(63(6,7)8)73-56(78)39(2)67-36-52(76)85-65(12,13)14/h15-18,21-22,25-26,29-32,38-39,44,47-50,53-54,66-67H,19-20,23-24,27-28,33-37H2,1-14H3,(H,68,79)(H,69,80)(H,70,81)(H,71,82)(H,72,77)(H,73,78)/t38-,39-,44-,47+,48+,49-,50-,53+,54+/m0/s1. The van der Waals surface area contributed by atoms with E-state index in [0.717, 1.165) is 47.9 Å². The number of aryl methyl sites for hydroxylation is 2. The molecular weight excluding hydrogens is 1080 g/mol. The average molecular weight is 1180 g/mol. The van der Waals surface area contributed by atoms with Crippen molar-refractivity contribution in [2.45, 2.75) is 214 Å². The highest BCUT2D eigenvalue weighted by molar-refractivity contribution is 5.97. The van der Waals surface area contributed by atoms with Gasteiger partial charge in [0.2, 0.25) is 35.4 Å². The van der Waals surface area contributed by atoms with E-state index >= 15 is 0 Å². The van der Waals surface area contributed by atoms with Gasteiger partial charge in [0.1, 0.15) is 35.4 Å². The number of fused-ring (bicyclic) bond motifs is 2. The minimum atomic E-state index is -1.13. The summed E-state index contributed by atoms with van der Waals surface area (Å²) in [4.78, 5) is 126.